The highest BCUT2D eigenvalue weighted by Crippen LogP contribution is 2.46. The van der Waals surface area contributed by atoms with E-state index in [4.69, 9.17) is 6.85 Å². The molecule has 4 heterocycles. The van der Waals surface area contributed by atoms with E-state index in [1.54, 1.807) is 26.1 Å². The SMILES string of the molecule is [2H]C1([2H])C([2H])([2H])C1([2H])N(c1ncc(-c2ccc(-c3nnn(C)n3)cc2O)nn1)[C@H]1C[C@]2(C)CCC[C@@](C)(N2)[C@H]1F. The number of piperidine rings is 2. The van der Waals surface area contributed by atoms with Crippen molar-refractivity contribution in [1.29, 1.82) is 0 Å². The topological polar surface area (TPSA) is 118 Å². The Hall–Kier alpha value is -3.21. The molecule has 1 aliphatic carbocycles. The first-order valence-electron chi connectivity index (χ1n) is 14.1. The highest BCUT2D eigenvalue weighted by Gasteiger charge is 2.56. The summed E-state index contributed by atoms with van der Waals surface area (Å²) in [7, 11) is 1.62. The Morgan fingerprint density at radius 3 is 2.74 bits per heavy atom. The number of benzene rings is 1. The number of hydrogen-bond donors (Lipinski definition) is 2. The smallest absolute Gasteiger partial charge is 0.245 e. The molecule has 4 atom stereocenters. The number of alkyl halides is 1. The van der Waals surface area contributed by atoms with Crippen molar-refractivity contribution in [3.8, 4) is 28.4 Å². The molecule has 2 bridgehead atoms. The lowest BCUT2D eigenvalue weighted by atomic mass is 9.68. The minimum Gasteiger partial charge on any atom is -0.507 e. The van der Waals surface area contributed by atoms with Crippen LogP contribution in [0.3, 0.4) is 0 Å². The van der Waals surface area contributed by atoms with Gasteiger partial charge >= 0.3 is 0 Å². The predicted octanol–water partition coefficient (Wildman–Crippen LogP) is 2.80. The number of aromatic hydroxyl groups is 1. The standard InChI is InChI=1S/C24H30FN9O/c1-23-9-4-10-24(2,31-23)20(25)18(12-23)34(15-6-7-15)22-26-13-17(27-29-22)16-8-5-14(11-19(16)35)21-28-32-33(3)30-21/h5,8,11,13,15,18,20,31,35H,4,6-7,9-10,12H2,1-3H3/t18-,20-,23-,24+/m0/s1/i6D2,7D2,15D. The molecule has 1 aromatic carbocycles. The second-order valence-corrected chi connectivity index (χ2v) is 10.1. The third-order valence-corrected chi connectivity index (χ3v) is 7.23. The lowest BCUT2D eigenvalue weighted by Gasteiger charge is -2.57. The van der Waals surface area contributed by atoms with Gasteiger partial charge in [-0.3, -0.25) is 0 Å². The number of aromatic nitrogens is 7. The number of hydrogen-bond acceptors (Lipinski definition) is 9. The van der Waals surface area contributed by atoms with Crippen molar-refractivity contribution in [3.05, 3.63) is 24.4 Å². The number of tetrazole rings is 1. The zero-order valence-corrected chi connectivity index (χ0v) is 19.7. The van der Waals surface area contributed by atoms with Gasteiger partial charge in [0.2, 0.25) is 11.8 Å². The first-order valence-corrected chi connectivity index (χ1v) is 11.6. The van der Waals surface area contributed by atoms with E-state index in [9.17, 15) is 5.11 Å². The summed E-state index contributed by atoms with van der Waals surface area (Å²) in [5.41, 5.74) is -0.415. The van der Waals surface area contributed by atoms with Crippen molar-refractivity contribution >= 4 is 5.95 Å². The number of rotatable bonds is 5. The predicted molar refractivity (Wildman–Crippen MR) is 127 cm³/mol. The number of aryl methyl sites for hydroxylation is 1. The quantitative estimate of drug-likeness (QED) is 0.563. The van der Waals surface area contributed by atoms with Crippen LogP contribution in [0.1, 0.15) is 59.1 Å². The van der Waals surface area contributed by atoms with Crippen molar-refractivity contribution < 1.29 is 16.4 Å². The molecule has 10 nitrogen and oxygen atoms in total. The fourth-order valence-corrected chi connectivity index (χ4v) is 5.58. The Balaban J connectivity index is 1.38. The maximum Gasteiger partial charge on any atom is 0.245 e. The number of nitrogens with one attached hydrogen (secondary N) is 1. The van der Waals surface area contributed by atoms with Crippen molar-refractivity contribution in [2.45, 2.75) is 81.6 Å². The summed E-state index contributed by atoms with van der Waals surface area (Å²) in [6.45, 7) is 3.75. The molecule has 11 heteroatoms. The van der Waals surface area contributed by atoms with Gasteiger partial charge in [0.1, 0.15) is 17.6 Å². The number of nitrogens with zero attached hydrogens (tertiary/aromatic N) is 8. The lowest BCUT2D eigenvalue weighted by Crippen LogP contribution is -2.73. The fourth-order valence-electron chi connectivity index (χ4n) is 5.58. The fraction of sp³-hybridized carbons (Fsp3) is 0.583. The average molecular weight is 485 g/mol. The molecule has 2 aromatic heterocycles. The van der Waals surface area contributed by atoms with Crippen LogP contribution in [0.15, 0.2) is 24.4 Å². The third kappa shape index (κ3) is 3.91. The molecule has 2 N–H and O–H groups in total. The van der Waals surface area contributed by atoms with E-state index in [-0.39, 0.29) is 23.8 Å². The van der Waals surface area contributed by atoms with Crippen LogP contribution in [0.4, 0.5) is 10.3 Å². The van der Waals surface area contributed by atoms with Crippen molar-refractivity contribution in [2.24, 2.45) is 7.05 Å². The molecule has 1 saturated carbocycles. The van der Waals surface area contributed by atoms with E-state index in [2.05, 4.69) is 35.9 Å². The van der Waals surface area contributed by atoms with Crippen LogP contribution in [-0.2, 0) is 7.05 Å². The molecule has 3 aliphatic rings. The molecule has 0 amide bonds. The van der Waals surface area contributed by atoms with Crippen molar-refractivity contribution in [2.75, 3.05) is 4.90 Å². The Morgan fingerprint density at radius 2 is 2.09 bits per heavy atom. The van der Waals surface area contributed by atoms with Gasteiger partial charge < -0.3 is 15.3 Å². The third-order valence-electron chi connectivity index (χ3n) is 7.23. The first kappa shape index (κ1) is 17.3. The summed E-state index contributed by atoms with van der Waals surface area (Å²) >= 11 is 0. The highest BCUT2D eigenvalue weighted by molar-refractivity contribution is 5.71. The van der Waals surface area contributed by atoms with Crippen LogP contribution < -0.4 is 10.2 Å². The molecule has 3 fully saturated rings. The van der Waals surface area contributed by atoms with Gasteiger partial charge in [-0.1, -0.05) is 6.07 Å². The summed E-state index contributed by atoms with van der Waals surface area (Å²) in [5, 5.41) is 34.2. The van der Waals surface area contributed by atoms with Gasteiger partial charge in [-0.25, -0.2) is 9.37 Å². The van der Waals surface area contributed by atoms with E-state index in [0.717, 1.165) is 17.7 Å². The Morgan fingerprint density at radius 1 is 1.26 bits per heavy atom. The largest absolute Gasteiger partial charge is 0.507 e. The summed E-state index contributed by atoms with van der Waals surface area (Å²) < 4.78 is 58.6. The molecule has 0 unspecified atom stereocenters. The second-order valence-electron chi connectivity index (χ2n) is 10.1. The number of anilines is 1. The average Bonchev–Trinajstić information content (AvgIpc) is 3.18. The van der Waals surface area contributed by atoms with Crippen molar-refractivity contribution in [3.63, 3.8) is 0 Å². The Labute approximate surface area is 210 Å². The molecule has 35 heavy (non-hydrogen) atoms. The maximum atomic E-state index is 16.3. The molecular weight excluding hydrogens is 449 g/mol. The van der Waals surface area contributed by atoms with Crippen molar-refractivity contribution in [1.82, 2.24) is 40.7 Å². The van der Waals surface area contributed by atoms with Gasteiger partial charge in [0.25, 0.3) is 0 Å². The zero-order valence-electron chi connectivity index (χ0n) is 24.7. The first-order chi connectivity index (χ1) is 18.6. The van der Waals surface area contributed by atoms with Gasteiger partial charge in [-0.05, 0) is 69.6 Å². The molecule has 0 radical (unpaired) electrons. The molecule has 0 spiro atoms. The van der Waals surface area contributed by atoms with Gasteiger partial charge in [0, 0.05) is 33.7 Å². The lowest BCUT2D eigenvalue weighted by molar-refractivity contribution is 0.0000875. The number of halogens is 1. The van der Waals surface area contributed by atoms with E-state index in [1.165, 1.54) is 17.1 Å². The van der Waals surface area contributed by atoms with Crippen LogP contribution in [0.5, 0.6) is 5.75 Å². The van der Waals surface area contributed by atoms with Crippen LogP contribution in [0.25, 0.3) is 22.6 Å². The Bertz CT molecular complexity index is 1460. The van der Waals surface area contributed by atoms with Crippen LogP contribution in [-0.4, -0.2) is 69.8 Å². The van der Waals surface area contributed by atoms with E-state index in [1.807, 2.05) is 6.92 Å². The molecule has 3 aromatic rings. The summed E-state index contributed by atoms with van der Waals surface area (Å²) in [6, 6.07) is 1.17. The number of phenols is 1. The maximum absolute atomic E-state index is 16.3. The van der Waals surface area contributed by atoms with Gasteiger partial charge in [0.15, 0.2) is 0 Å². The Kier molecular flexibility index (Phi) is 3.90. The minimum absolute atomic E-state index is 0.145. The van der Waals surface area contributed by atoms with E-state index < -0.39 is 42.1 Å². The summed E-state index contributed by atoms with van der Waals surface area (Å²) in [6.07, 6.45) is -3.12. The zero-order chi connectivity index (χ0) is 28.9. The summed E-state index contributed by atoms with van der Waals surface area (Å²) in [5.74, 6) is -0.0693. The summed E-state index contributed by atoms with van der Waals surface area (Å²) in [4.78, 5) is 6.69. The normalized spacial score (nSPS) is 36.2. The monoisotopic (exact) mass is 484 g/mol. The van der Waals surface area contributed by atoms with Gasteiger partial charge in [-0.15, -0.1) is 20.4 Å². The van der Waals surface area contributed by atoms with Crippen LogP contribution in [0.2, 0.25) is 0 Å². The highest BCUT2D eigenvalue weighted by atomic mass is 19.1. The van der Waals surface area contributed by atoms with Gasteiger partial charge in [-0.2, -0.15) is 4.80 Å². The molecule has 2 saturated heterocycles. The minimum atomic E-state index is -2.61. The number of fused-ring (bicyclic) bond motifs is 2. The second kappa shape index (κ2) is 7.91. The molecular formula is C24H30FN9O. The molecule has 184 valence electrons. The molecule has 2 aliphatic heterocycles. The molecule has 6 rings (SSSR count). The van der Waals surface area contributed by atoms with Crippen LogP contribution in [0, 0.1) is 0 Å². The van der Waals surface area contributed by atoms with E-state index in [0.29, 0.717) is 23.4 Å². The van der Waals surface area contributed by atoms with E-state index >= 15 is 4.39 Å². The van der Waals surface area contributed by atoms with Crippen LogP contribution >= 0.6 is 0 Å². The van der Waals surface area contributed by atoms with Gasteiger partial charge in [0.05, 0.1) is 20.7 Å². The number of phenolic OH excluding ortho intramolecular Hbond substituents is 1.